The number of fused-ring (bicyclic) bond motifs is 1. The molecule has 28 heavy (non-hydrogen) atoms. The fourth-order valence-corrected chi connectivity index (χ4v) is 6.10. The molecule has 1 amide bonds. The standard InChI is InChI=1S/C19H32O2.C5H11NO/c1-13-4-5-14-10-15(6-8-18(13,14)2)19(3)9-7-17(21)11-16(19)12-20;1-3-4-5(7)6-2/h14-17,20-21H,1,4-12H2,2-3H3;3-4H2,1-2H3,(H,6,7). The third-order valence-corrected chi connectivity index (χ3v) is 8.50. The van der Waals surface area contributed by atoms with E-state index < -0.39 is 0 Å². The zero-order valence-electron chi connectivity index (χ0n) is 18.6. The van der Waals surface area contributed by atoms with Crippen molar-refractivity contribution >= 4 is 5.91 Å². The van der Waals surface area contributed by atoms with Crippen LogP contribution in [0.5, 0.6) is 0 Å². The van der Waals surface area contributed by atoms with E-state index in [4.69, 9.17) is 0 Å². The van der Waals surface area contributed by atoms with Crippen LogP contribution in [-0.4, -0.2) is 35.9 Å². The normalized spacial score (nSPS) is 40.3. The van der Waals surface area contributed by atoms with Crippen molar-refractivity contribution in [3.05, 3.63) is 12.2 Å². The summed E-state index contributed by atoms with van der Waals surface area (Å²) in [4.78, 5) is 10.3. The molecule has 6 unspecified atom stereocenters. The first-order chi connectivity index (χ1) is 13.2. The molecule has 3 saturated carbocycles. The highest BCUT2D eigenvalue weighted by Gasteiger charge is 2.51. The van der Waals surface area contributed by atoms with E-state index in [0.29, 0.717) is 17.8 Å². The summed E-state index contributed by atoms with van der Waals surface area (Å²) in [7, 11) is 1.65. The maximum Gasteiger partial charge on any atom is 0.219 e. The van der Waals surface area contributed by atoms with Gasteiger partial charge in [0.2, 0.25) is 5.91 Å². The number of rotatable bonds is 4. The van der Waals surface area contributed by atoms with Crippen LogP contribution in [0, 0.1) is 28.6 Å². The average Bonchev–Trinajstić information content (AvgIpc) is 2.98. The van der Waals surface area contributed by atoms with Crippen molar-refractivity contribution < 1.29 is 15.0 Å². The number of nitrogens with one attached hydrogen (secondary N) is 1. The summed E-state index contributed by atoms with van der Waals surface area (Å²) in [6.45, 7) is 11.4. The molecule has 4 heteroatoms. The summed E-state index contributed by atoms with van der Waals surface area (Å²) >= 11 is 0. The van der Waals surface area contributed by atoms with E-state index in [0.717, 1.165) is 31.6 Å². The third kappa shape index (κ3) is 4.81. The summed E-state index contributed by atoms with van der Waals surface area (Å²) in [5.74, 6) is 1.92. The van der Waals surface area contributed by atoms with E-state index in [1.165, 1.54) is 37.7 Å². The highest BCUT2D eigenvalue weighted by Crippen LogP contribution is 2.61. The van der Waals surface area contributed by atoms with Crippen LogP contribution in [-0.2, 0) is 4.79 Å². The quantitative estimate of drug-likeness (QED) is 0.618. The maximum absolute atomic E-state index is 10.3. The summed E-state index contributed by atoms with van der Waals surface area (Å²) < 4.78 is 0. The number of aliphatic hydroxyl groups excluding tert-OH is 2. The molecular formula is C24H43NO3. The van der Waals surface area contributed by atoms with Gasteiger partial charge in [0.25, 0.3) is 0 Å². The summed E-state index contributed by atoms with van der Waals surface area (Å²) in [5, 5.41) is 22.3. The van der Waals surface area contributed by atoms with Gasteiger partial charge >= 0.3 is 0 Å². The second-order valence-corrected chi connectivity index (χ2v) is 9.96. The van der Waals surface area contributed by atoms with Crippen molar-refractivity contribution in [2.75, 3.05) is 13.7 Å². The highest BCUT2D eigenvalue weighted by molar-refractivity contribution is 5.75. The molecule has 0 spiro atoms. The minimum Gasteiger partial charge on any atom is -0.396 e. The van der Waals surface area contributed by atoms with Gasteiger partial charge in [0, 0.05) is 20.1 Å². The van der Waals surface area contributed by atoms with E-state index in [1.54, 1.807) is 7.05 Å². The lowest BCUT2D eigenvalue weighted by atomic mass is 9.53. The van der Waals surface area contributed by atoms with Gasteiger partial charge in [-0.25, -0.2) is 0 Å². The smallest absolute Gasteiger partial charge is 0.219 e. The molecule has 0 aromatic rings. The molecule has 6 atom stereocenters. The third-order valence-electron chi connectivity index (χ3n) is 8.50. The fraction of sp³-hybridized carbons (Fsp3) is 0.875. The van der Waals surface area contributed by atoms with Crippen LogP contribution < -0.4 is 5.32 Å². The number of hydrogen-bond acceptors (Lipinski definition) is 3. The number of amides is 1. The second-order valence-electron chi connectivity index (χ2n) is 9.96. The zero-order chi connectivity index (χ0) is 20.9. The molecule has 3 aliphatic carbocycles. The largest absolute Gasteiger partial charge is 0.396 e. The predicted octanol–water partition coefficient (Wildman–Crippen LogP) is 4.45. The van der Waals surface area contributed by atoms with Crippen LogP contribution in [0.25, 0.3) is 0 Å². The Morgan fingerprint density at radius 3 is 2.46 bits per heavy atom. The Balaban J connectivity index is 0.000000345. The van der Waals surface area contributed by atoms with Gasteiger partial charge in [0.1, 0.15) is 0 Å². The lowest BCUT2D eigenvalue weighted by Crippen LogP contribution is -2.46. The number of aliphatic hydroxyl groups is 2. The first-order valence-electron chi connectivity index (χ1n) is 11.4. The van der Waals surface area contributed by atoms with E-state index >= 15 is 0 Å². The minimum absolute atomic E-state index is 0.127. The summed E-state index contributed by atoms with van der Waals surface area (Å²) in [6, 6.07) is 0. The molecule has 3 aliphatic rings. The molecule has 3 fully saturated rings. The maximum atomic E-state index is 10.3. The van der Waals surface area contributed by atoms with E-state index in [-0.39, 0.29) is 30.0 Å². The van der Waals surface area contributed by atoms with Gasteiger partial charge in [-0.1, -0.05) is 32.9 Å². The van der Waals surface area contributed by atoms with Gasteiger partial charge in [-0.15, -0.1) is 0 Å². The number of carbonyl (C=O) groups is 1. The van der Waals surface area contributed by atoms with Gasteiger partial charge in [-0.3, -0.25) is 4.79 Å². The summed E-state index contributed by atoms with van der Waals surface area (Å²) in [5.41, 5.74) is 2.09. The Bertz CT molecular complexity index is 548. The van der Waals surface area contributed by atoms with E-state index in [1.807, 2.05) is 6.92 Å². The van der Waals surface area contributed by atoms with E-state index in [9.17, 15) is 15.0 Å². The Kier molecular flexibility index (Phi) is 8.16. The molecule has 0 saturated heterocycles. The number of allylic oxidation sites excluding steroid dienone is 1. The van der Waals surface area contributed by atoms with Gasteiger partial charge in [-0.2, -0.15) is 0 Å². The molecule has 0 aliphatic heterocycles. The molecule has 162 valence electrons. The van der Waals surface area contributed by atoms with Crippen LogP contribution in [0.15, 0.2) is 12.2 Å². The fourth-order valence-electron chi connectivity index (χ4n) is 6.10. The number of carbonyl (C=O) groups excluding carboxylic acids is 1. The molecular weight excluding hydrogens is 350 g/mol. The van der Waals surface area contributed by atoms with Crippen LogP contribution in [0.3, 0.4) is 0 Å². The Labute approximate surface area is 172 Å². The Morgan fingerprint density at radius 1 is 1.18 bits per heavy atom. The molecule has 0 heterocycles. The lowest BCUT2D eigenvalue weighted by molar-refractivity contribution is -0.120. The second kappa shape index (κ2) is 9.75. The molecule has 4 nitrogen and oxygen atoms in total. The van der Waals surface area contributed by atoms with Crippen molar-refractivity contribution in [3.8, 4) is 0 Å². The molecule has 0 aromatic heterocycles. The Morgan fingerprint density at radius 2 is 1.89 bits per heavy atom. The molecule has 0 aromatic carbocycles. The molecule has 3 rings (SSSR count). The number of hydrogen-bond donors (Lipinski definition) is 3. The monoisotopic (exact) mass is 393 g/mol. The van der Waals surface area contributed by atoms with Crippen LogP contribution in [0.4, 0.5) is 0 Å². The first kappa shape index (κ1) is 23.4. The van der Waals surface area contributed by atoms with Crippen LogP contribution in [0.1, 0.15) is 85.0 Å². The average molecular weight is 394 g/mol. The van der Waals surface area contributed by atoms with E-state index in [2.05, 4.69) is 25.7 Å². The topological polar surface area (TPSA) is 69.6 Å². The Hall–Kier alpha value is -0.870. The molecule has 0 bridgehead atoms. The molecule has 3 N–H and O–H groups in total. The van der Waals surface area contributed by atoms with Crippen molar-refractivity contribution in [2.45, 2.75) is 91.1 Å². The zero-order valence-corrected chi connectivity index (χ0v) is 18.6. The lowest BCUT2D eigenvalue weighted by Gasteiger charge is -2.52. The van der Waals surface area contributed by atoms with Crippen LogP contribution in [0.2, 0.25) is 0 Å². The summed E-state index contributed by atoms with van der Waals surface area (Å²) in [6.07, 6.45) is 10.5. The highest BCUT2D eigenvalue weighted by atomic mass is 16.3. The van der Waals surface area contributed by atoms with Gasteiger partial charge < -0.3 is 15.5 Å². The minimum atomic E-state index is -0.199. The van der Waals surface area contributed by atoms with Gasteiger partial charge in [-0.05, 0) is 86.4 Å². The van der Waals surface area contributed by atoms with Crippen molar-refractivity contribution in [2.24, 2.45) is 28.6 Å². The van der Waals surface area contributed by atoms with Gasteiger partial charge in [0.05, 0.1) is 6.10 Å². The van der Waals surface area contributed by atoms with Crippen molar-refractivity contribution in [1.82, 2.24) is 5.32 Å². The van der Waals surface area contributed by atoms with Gasteiger partial charge in [0.15, 0.2) is 0 Å². The van der Waals surface area contributed by atoms with Crippen molar-refractivity contribution in [3.63, 3.8) is 0 Å². The van der Waals surface area contributed by atoms with Crippen LogP contribution >= 0.6 is 0 Å². The SMILES string of the molecule is C=C1CCC2CC(C3(C)CCC(O)CC3CO)CCC12C.CCCC(=O)NC. The molecule has 0 radical (unpaired) electrons. The van der Waals surface area contributed by atoms with Crippen molar-refractivity contribution in [1.29, 1.82) is 0 Å². The first-order valence-corrected chi connectivity index (χ1v) is 11.4. The predicted molar refractivity (Wildman–Crippen MR) is 115 cm³/mol.